The molecule has 1 aliphatic heterocycles. The van der Waals surface area contributed by atoms with Crippen molar-refractivity contribution in [2.45, 2.75) is 70.3 Å². The summed E-state index contributed by atoms with van der Waals surface area (Å²) in [4.78, 5) is 2.81. The van der Waals surface area contributed by atoms with Gasteiger partial charge in [-0.25, -0.2) is 0 Å². The van der Waals surface area contributed by atoms with Gasteiger partial charge in [0.2, 0.25) is 0 Å². The van der Waals surface area contributed by atoms with Crippen LogP contribution < -0.4 is 5.32 Å². The van der Waals surface area contributed by atoms with E-state index in [-0.39, 0.29) is 0 Å². The first-order valence-electron chi connectivity index (χ1n) is 8.23. The van der Waals surface area contributed by atoms with Gasteiger partial charge in [-0.3, -0.25) is 0 Å². The number of nitrogens with zero attached hydrogens (tertiary/aromatic N) is 1. The lowest BCUT2D eigenvalue weighted by molar-refractivity contribution is 0.172. The van der Waals surface area contributed by atoms with Crippen molar-refractivity contribution in [2.75, 3.05) is 26.2 Å². The fourth-order valence-corrected chi connectivity index (χ4v) is 4.41. The van der Waals surface area contributed by atoms with E-state index in [1.807, 2.05) is 0 Å². The van der Waals surface area contributed by atoms with Crippen molar-refractivity contribution in [3.63, 3.8) is 0 Å². The van der Waals surface area contributed by atoms with Gasteiger partial charge in [-0.05, 0) is 57.0 Å². The average Bonchev–Trinajstić information content (AvgIpc) is 2.99. The van der Waals surface area contributed by atoms with E-state index in [1.165, 1.54) is 84.0 Å². The number of rotatable bonds is 4. The van der Waals surface area contributed by atoms with E-state index in [0.29, 0.717) is 5.54 Å². The third-order valence-corrected chi connectivity index (χ3v) is 5.53. The first-order valence-corrected chi connectivity index (χ1v) is 8.23. The molecule has 18 heavy (non-hydrogen) atoms. The molecule has 1 N–H and O–H groups in total. The molecule has 2 nitrogen and oxygen atoms in total. The quantitative estimate of drug-likeness (QED) is 0.824. The molecule has 2 heteroatoms. The Kier molecular flexibility index (Phi) is 3.68. The second-order valence-corrected chi connectivity index (χ2v) is 7.23. The molecule has 1 saturated heterocycles. The first kappa shape index (κ1) is 12.9. The maximum Gasteiger partial charge on any atom is 0.0308 e. The smallest absolute Gasteiger partial charge is 0.0308 e. The largest absolute Gasteiger partial charge is 0.310 e. The Morgan fingerprint density at radius 3 is 2.50 bits per heavy atom. The molecule has 1 spiro atoms. The van der Waals surface area contributed by atoms with Crippen LogP contribution in [0.5, 0.6) is 0 Å². The minimum Gasteiger partial charge on any atom is -0.310 e. The van der Waals surface area contributed by atoms with Gasteiger partial charge in [-0.2, -0.15) is 0 Å². The Morgan fingerprint density at radius 2 is 1.83 bits per heavy atom. The average molecular weight is 250 g/mol. The van der Waals surface area contributed by atoms with E-state index >= 15 is 0 Å². The highest BCUT2D eigenvalue weighted by Crippen LogP contribution is 2.50. The van der Waals surface area contributed by atoms with Crippen LogP contribution in [0.2, 0.25) is 0 Å². The van der Waals surface area contributed by atoms with Crippen molar-refractivity contribution < 1.29 is 0 Å². The molecule has 2 aliphatic carbocycles. The van der Waals surface area contributed by atoms with Gasteiger partial charge < -0.3 is 10.2 Å². The molecule has 0 atom stereocenters. The zero-order valence-corrected chi connectivity index (χ0v) is 12.1. The molecule has 0 bridgehead atoms. The lowest BCUT2D eigenvalue weighted by atomic mass is 9.95. The molecular weight excluding hydrogens is 220 g/mol. The van der Waals surface area contributed by atoms with Crippen molar-refractivity contribution in [1.29, 1.82) is 0 Å². The maximum absolute atomic E-state index is 3.88. The summed E-state index contributed by atoms with van der Waals surface area (Å²) < 4.78 is 0. The van der Waals surface area contributed by atoms with Crippen molar-refractivity contribution >= 4 is 0 Å². The standard InChI is InChI=1S/C16H30N2/c1-2-6-15(9-10-15)13-18-12-5-11-17-16(14-18)7-3-4-8-16/h17H,2-14H2,1H3. The summed E-state index contributed by atoms with van der Waals surface area (Å²) in [5.41, 5.74) is 1.23. The predicted molar refractivity (Wildman–Crippen MR) is 76.8 cm³/mol. The van der Waals surface area contributed by atoms with Gasteiger partial charge in [0.25, 0.3) is 0 Å². The highest BCUT2D eigenvalue weighted by atomic mass is 15.2. The van der Waals surface area contributed by atoms with Crippen molar-refractivity contribution in [2.24, 2.45) is 5.41 Å². The Morgan fingerprint density at radius 1 is 1.06 bits per heavy atom. The van der Waals surface area contributed by atoms with Crippen LogP contribution >= 0.6 is 0 Å². The molecule has 104 valence electrons. The Hall–Kier alpha value is -0.0800. The van der Waals surface area contributed by atoms with Gasteiger partial charge in [0, 0.05) is 18.6 Å². The first-order chi connectivity index (χ1) is 8.76. The predicted octanol–water partition coefficient (Wildman–Crippen LogP) is 3.17. The normalized spacial score (nSPS) is 30.5. The second kappa shape index (κ2) is 5.13. The van der Waals surface area contributed by atoms with Crippen LogP contribution in [0.15, 0.2) is 0 Å². The van der Waals surface area contributed by atoms with Gasteiger partial charge in [-0.1, -0.05) is 26.2 Å². The molecule has 3 fully saturated rings. The molecular formula is C16H30N2. The topological polar surface area (TPSA) is 15.3 Å². The van der Waals surface area contributed by atoms with E-state index < -0.39 is 0 Å². The zero-order valence-electron chi connectivity index (χ0n) is 12.1. The highest BCUT2D eigenvalue weighted by Gasteiger charge is 2.44. The Bertz CT molecular complexity index is 277. The number of nitrogens with one attached hydrogen (secondary N) is 1. The molecule has 3 rings (SSSR count). The Balaban J connectivity index is 1.61. The SMILES string of the molecule is CCCC1(CN2CCCNC3(CCCC3)C2)CC1. The van der Waals surface area contributed by atoms with Crippen LogP contribution in [0.3, 0.4) is 0 Å². The second-order valence-electron chi connectivity index (χ2n) is 7.23. The summed E-state index contributed by atoms with van der Waals surface area (Å²) in [6.45, 7) is 7.66. The molecule has 1 heterocycles. The van der Waals surface area contributed by atoms with E-state index in [0.717, 1.165) is 5.41 Å². The van der Waals surface area contributed by atoms with Crippen molar-refractivity contribution in [1.82, 2.24) is 10.2 Å². The molecule has 0 unspecified atom stereocenters. The molecule has 3 aliphatic rings. The van der Waals surface area contributed by atoms with Crippen molar-refractivity contribution in [3.8, 4) is 0 Å². The van der Waals surface area contributed by atoms with Crippen LogP contribution in [0, 0.1) is 5.41 Å². The van der Waals surface area contributed by atoms with E-state index in [1.54, 1.807) is 0 Å². The summed E-state index contributed by atoms with van der Waals surface area (Å²) in [7, 11) is 0. The zero-order chi connectivity index (χ0) is 12.5. The number of hydrogen-bond donors (Lipinski definition) is 1. The maximum atomic E-state index is 3.88. The summed E-state index contributed by atoms with van der Waals surface area (Å²) >= 11 is 0. The monoisotopic (exact) mass is 250 g/mol. The van der Waals surface area contributed by atoms with Crippen molar-refractivity contribution in [3.05, 3.63) is 0 Å². The molecule has 0 amide bonds. The van der Waals surface area contributed by atoms with Crippen LogP contribution in [-0.4, -0.2) is 36.6 Å². The fourth-order valence-electron chi connectivity index (χ4n) is 4.41. The van der Waals surface area contributed by atoms with E-state index in [4.69, 9.17) is 0 Å². The lowest BCUT2D eigenvalue weighted by Gasteiger charge is -2.35. The Labute approximate surface area is 113 Å². The van der Waals surface area contributed by atoms with Gasteiger partial charge >= 0.3 is 0 Å². The lowest BCUT2D eigenvalue weighted by Crippen LogP contribution is -2.50. The minimum absolute atomic E-state index is 0.499. The van der Waals surface area contributed by atoms with Crippen LogP contribution in [0.1, 0.15) is 64.7 Å². The minimum atomic E-state index is 0.499. The van der Waals surface area contributed by atoms with Crippen LogP contribution in [0.25, 0.3) is 0 Å². The third kappa shape index (κ3) is 2.75. The van der Waals surface area contributed by atoms with Gasteiger partial charge in [0.15, 0.2) is 0 Å². The molecule has 0 aromatic heterocycles. The molecule has 2 saturated carbocycles. The summed E-state index contributed by atoms with van der Waals surface area (Å²) in [6, 6.07) is 0. The van der Waals surface area contributed by atoms with Gasteiger partial charge in [0.1, 0.15) is 0 Å². The third-order valence-electron chi connectivity index (χ3n) is 5.53. The highest BCUT2D eigenvalue weighted by molar-refractivity contribution is 5.00. The van der Waals surface area contributed by atoms with Crippen LogP contribution in [0.4, 0.5) is 0 Å². The van der Waals surface area contributed by atoms with E-state index in [9.17, 15) is 0 Å². The summed E-state index contributed by atoms with van der Waals surface area (Å²) in [5.74, 6) is 0. The van der Waals surface area contributed by atoms with Gasteiger partial charge in [-0.15, -0.1) is 0 Å². The molecule has 0 aromatic carbocycles. The van der Waals surface area contributed by atoms with Crippen LogP contribution in [-0.2, 0) is 0 Å². The fraction of sp³-hybridized carbons (Fsp3) is 1.00. The summed E-state index contributed by atoms with van der Waals surface area (Å²) in [5, 5.41) is 3.88. The number of hydrogen-bond acceptors (Lipinski definition) is 2. The molecule has 0 aromatic rings. The summed E-state index contributed by atoms with van der Waals surface area (Å²) in [6.07, 6.45) is 12.9. The van der Waals surface area contributed by atoms with E-state index in [2.05, 4.69) is 17.1 Å². The van der Waals surface area contributed by atoms with Gasteiger partial charge in [0.05, 0.1) is 0 Å². The molecule has 0 radical (unpaired) electrons.